The number of aromatic nitrogens is 1. The fraction of sp³-hybridized carbons (Fsp3) is 0.250. The summed E-state index contributed by atoms with van der Waals surface area (Å²) in [6.45, 7) is -0.416. The van der Waals surface area contributed by atoms with Gasteiger partial charge in [-0.2, -0.15) is 0 Å². The molecule has 0 saturated carbocycles. The molecule has 0 amide bonds. The molecule has 0 radical (unpaired) electrons. The number of aryl methyl sites for hydroxylation is 1. The molecule has 70 valence electrons. The first kappa shape index (κ1) is 9.31. The number of carboxylic acid groups (broad SMARTS) is 1. The molecule has 0 aliphatic carbocycles. The van der Waals surface area contributed by atoms with E-state index in [1.54, 1.807) is 0 Å². The van der Waals surface area contributed by atoms with Crippen LogP contribution in [0.5, 0.6) is 0 Å². The minimum Gasteiger partial charge on any atom is -0.479 e. The molecule has 1 aromatic heterocycles. The Morgan fingerprint density at radius 1 is 1.85 bits per heavy atom. The van der Waals surface area contributed by atoms with Crippen LogP contribution in [0.3, 0.4) is 0 Å². The molecule has 1 N–H and O–H groups in total. The Balaban J connectivity index is 2.41. The highest BCUT2D eigenvalue weighted by Crippen LogP contribution is 1.95. The lowest BCUT2D eigenvalue weighted by molar-refractivity contribution is -0.142. The topological polar surface area (TPSA) is 63.8 Å². The van der Waals surface area contributed by atoms with Crippen molar-refractivity contribution in [1.82, 2.24) is 4.57 Å². The van der Waals surface area contributed by atoms with E-state index in [1.165, 1.54) is 6.21 Å². The fourth-order valence-electron chi connectivity index (χ4n) is 0.792. The van der Waals surface area contributed by atoms with Crippen LogP contribution in [0.15, 0.2) is 23.5 Å². The molecule has 1 aromatic rings. The van der Waals surface area contributed by atoms with Gasteiger partial charge in [0.2, 0.25) is 6.61 Å². The predicted molar refractivity (Wildman–Crippen MR) is 46.6 cm³/mol. The first-order valence-electron chi connectivity index (χ1n) is 3.68. The van der Waals surface area contributed by atoms with Crippen molar-refractivity contribution < 1.29 is 14.7 Å². The number of rotatable bonds is 4. The summed E-state index contributed by atoms with van der Waals surface area (Å²) >= 11 is 0. The molecule has 0 aromatic carbocycles. The minimum absolute atomic E-state index is 0.416. The lowest BCUT2D eigenvalue weighted by Gasteiger charge is -1.95. The monoisotopic (exact) mass is 182 g/mol. The van der Waals surface area contributed by atoms with E-state index in [0.29, 0.717) is 0 Å². The Morgan fingerprint density at radius 2 is 2.62 bits per heavy atom. The second kappa shape index (κ2) is 4.30. The smallest absolute Gasteiger partial charge is 0.344 e. The zero-order valence-electron chi connectivity index (χ0n) is 7.17. The van der Waals surface area contributed by atoms with Crippen molar-refractivity contribution in [3.63, 3.8) is 0 Å². The number of hydrogen-bond donors (Lipinski definition) is 1. The van der Waals surface area contributed by atoms with Crippen molar-refractivity contribution in [3.05, 3.63) is 24.0 Å². The maximum Gasteiger partial charge on any atom is 0.344 e. The standard InChI is InChI=1S/C8H10N2O3/c1-10-4-2-3-7(10)5-9-13-6-8(11)12/h2-5H,6H2,1H3,(H,11,12). The van der Waals surface area contributed by atoms with Gasteiger partial charge in [0.1, 0.15) is 0 Å². The van der Waals surface area contributed by atoms with E-state index in [0.717, 1.165) is 5.69 Å². The molecule has 13 heavy (non-hydrogen) atoms. The highest BCUT2D eigenvalue weighted by molar-refractivity contribution is 5.77. The summed E-state index contributed by atoms with van der Waals surface area (Å²) in [6.07, 6.45) is 3.32. The maximum absolute atomic E-state index is 10.0. The molecule has 5 heteroatoms. The van der Waals surface area contributed by atoms with Gasteiger partial charge in [-0.25, -0.2) is 4.79 Å². The summed E-state index contributed by atoms with van der Waals surface area (Å²) < 4.78 is 1.84. The van der Waals surface area contributed by atoms with Crippen LogP contribution in [-0.2, 0) is 16.7 Å². The van der Waals surface area contributed by atoms with Gasteiger partial charge in [-0.3, -0.25) is 0 Å². The molecule has 0 aliphatic rings. The van der Waals surface area contributed by atoms with Crippen LogP contribution in [0.2, 0.25) is 0 Å². The molecular formula is C8H10N2O3. The molecule has 0 atom stereocenters. The molecule has 1 heterocycles. The largest absolute Gasteiger partial charge is 0.479 e. The van der Waals surface area contributed by atoms with Crippen molar-refractivity contribution in [2.45, 2.75) is 0 Å². The second-order valence-electron chi connectivity index (χ2n) is 2.45. The van der Waals surface area contributed by atoms with Crippen molar-refractivity contribution in [2.75, 3.05) is 6.61 Å². The average Bonchev–Trinajstić information content (AvgIpc) is 2.45. The van der Waals surface area contributed by atoms with Gasteiger partial charge in [-0.1, -0.05) is 5.16 Å². The summed E-state index contributed by atoms with van der Waals surface area (Å²) in [5.41, 5.74) is 0.852. The van der Waals surface area contributed by atoms with E-state index >= 15 is 0 Å². The van der Waals surface area contributed by atoms with E-state index in [2.05, 4.69) is 9.99 Å². The van der Waals surface area contributed by atoms with Gasteiger partial charge in [-0.05, 0) is 12.1 Å². The minimum atomic E-state index is -1.04. The Hall–Kier alpha value is -1.78. The first-order valence-corrected chi connectivity index (χ1v) is 3.68. The number of carboxylic acids is 1. The SMILES string of the molecule is Cn1cccc1C=NOCC(=O)O. The Labute approximate surface area is 75.2 Å². The van der Waals surface area contributed by atoms with E-state index < -0.39 is 12.6 Å². The highest BCUT2D eigenvalue weighted by atomic mass is 16.6. The van der Waals surface area contributed by atoms with Crippen molar-refractivity contribution in [2.24, 2.45) is 12.2 Å². The number of oxime groups is 1. The zero-order valence-corrected chi connectivity index (χ0v) is 7.17. The van der Waals surface area contributed by atoms with Crippen LogP contribution >= 0.6 is 0 Å². The first-order chi connectivity index (χ1) is 6.20. The molecule has 5 nitrogen and oxygen atoms in total. The lowest BCUT2D eigenvalue weighted by Crippen LogP contribution is -2.03. The van der Waals surface area contributed by atoms with Crippen LogP contribution < -0.4 is 0 Å². The molecule has 0 bridgehead atoms. The van der Waals surface area contributed by atoms with Gasteiger partial charge >= 0.3 is 5.97 Å². The molecule has 1 rings (SSSR count). The normalized spacial score (nSPS) is 10.5. The van der Waals surface area contributed by atoms with E-state index in [4.69, 9.17) is 5.11 Å². The number of nitrogens with zero attached hydrogens (tertiary/aromatic N) is 2. The summed E-state index contributed by atoms with van der Waals surface area (Å²) in [4.78, 5) is 14.5. The molecular weight excluding hydrogens is 172 g/mol. The maximum atomic E-state index is 10.0. The summed E-state index contributed by atoms with van der Waals surface area (Å²) in [7, 11) is 1.86. The fourth-order valence-corrected chi connectivity index (χ4v) is 0.792. The van der Waals surface area contributed by atoms with E-state index in [9.17, 15) is 4.79 Å². The lowest BCUT2D eigenvalue weighted by atomic mass is 10.5. The highest BCUT2D eigenvalue weighted by Gasteiger charge is 1.94. The van der Waals surface area contributed by atoms with Gasteiger partial charge in [0.05, 0.1) is 11.9 Å². The number of carbonyl (C=O) groups is 1. The van der Waals surface area contributed by atoms with Crippen molar-refractivity contribution >= 4 is 12.2 Å². The third kappa shape index (κ3) is 2.98. The third-order valence-electron chi connectivity index (χ3n) is 1.43. The van der Waals surface area contributed by atoms with Gasteiger partial charge in [0.15, 0.2) is 0 Å². The quantitative estimate of drug-likeness (QED) is 0.543. The molecule has 0 unspecified atom stereocenters. The zero-order chi connectivity index (χ0) is 9.68. The van der Waals surface area contributed by atoms with Crippen LogP contribution in [-0.4, -0.2) is 28.5 Å². The van der Waals surface area contributed by atoms with Crippen LogP contribution in [0.4, 0.5) is 0 Å². The van der Waals surface area contributed by atoms with E-state index in [-0.39, 0.29) is 0 Å². The van der Waals surface area contributed by atoms with Crippen molar-refractivity contribution in [1.29, 1.82) is 0 Å². The van der Waals surface area contributed by atoms with Crippen LogP contribution in [0, 0.1) is 0 Å². The molecule has 0 fully saturated rings. The van der Waals surface area contributed by atoms with Gasteiger partial charge < -0.3 is 14.5 Å². The van der Waals surface area contributed by atoms with E-state index in [1.807, 2.05) is 29.9 Å². The molecule has 0 saturated heterocycles. The predicted octanol–water partition coefficient (Wildman–Crippen LogP) is 0.460. The average molecular weight is 182 g/mol. The van der Waals surface area contributed by atoms with Crippen molar-refractivity contribution in [3.8, 4) is 0 Å². The summed E-state index contributed by atoms with van der Waals surface area (Å²) in [5.74, 6) is -1.04. The van der Waals surface area contributed by atoms with Crippen LogP contribution in [0.25, 0.3) is 0 Å². The Morgan fingerprint density at radius 3 is 3.15 bits per heavy atom. The molecule has 0 spiro atoms. The van der Waals surface area contributed by atoms with Gasteiger partial charge in [0, 0.05) is 13.2 Å². The Bertz CT molecular complexity index is 317. The second-order valence-corrected chi connectivity index (χ2v) is 2.45. The molecule has 0 aliphatic heterocycles. The van der Waals surface area contributed by atoms with Gasteiger partial charge in [-0.15, -0.1) is 0 Å². The number of aliphatic carboxylic acids is 1. The van der Waals surface area contributed by atoms with Crippen LogP contribution in [0.1, 0.15) is 5.69 Å². The number of hydrogen-bond acceptors (Lipinski definition) is 3. The third-order valence-corrected chi connectivity index (χ3v) is 1.43. The summed E-state index contributed by atoms with van der Waals surface area (Å²) in [5, 5.41) is 11.7. The van der Waals surface area contributed by atoms with Gasteiger partial charge in [0.25, 0.3) is 0 Å². The summed E-state index contributed by atoms with van der Waals surface area (Å²) in [6, 6.07) is 3.70. The Kier molecular flexibility index (Phi) is 3.08.